The Hall–Kier alpha value is 0.189. The molecular weight excluding hydrogens is 232 g/mol. The molecule has 0 N–H and O–H groups in total. The van der Waals surface area contributed by atoms with Crippen molar-refractivity contribution in [2.24, 2.45) is 0 Å². The normalized spacial score (nSPS) is 10.5. The predicted octanol–water partition coefficient (Wildman–Crippen LogP) is 0.349. The molecule has 0 saturated carbocycles. The maximum absolute atomic E-state index is 4.20. The quantitative estimate of drug-likeness (QED) is 0.600. The minimum absolute atomic E-state index is 0.485. The van der Waals surface area contributed by atoms with Crippen LogP contribution in [0.25, 0.3) is 8.52 Å². The minimum atomic E-state index is 0.485. The van der Waals surface area contributed by atoms with Gasteiger partial charge in [0.05, 0.1) is 0 Å². The van der Waals surface area contributed by atoms with Crippen molar-refractivity contribution in [3.05, 3.63) is 17.2 Å². The fourth-order valence-corrected chi connectivity index (χ4v) is 4.51. The Morgan fingerprint density at radius 3 is 3.38 bits per heavy atom. The van der Waals surface area contributed by atoms with Crippen molar-refractivity contribution < 1.29 is 0 Å². The summed E-state index contributed by atoms with van der Waals surface area (Å²) in [6.07, 6.45) is 2.00. The van der Waals surface area contributed by atoms with Crippen LogP contribution in [0.4, 0.5) is 0 Å². The van der Waals surface area contributed by atoms with Crippen LogP contribution >= 0.6 is 0 Å². The van der Waals surface area contributed by atoms with E-state index in [9.17, 15) is 0 Å². The first-order valence-corrected chi connectivity index (χ1v) is 5.71. The van der Waals surface area contributed by atoms with Gasteiger partial charge < -0.3 is 0 Å². The van der Waals surface area contributed by atoms with E-state index in [4.69, 9.17) is 0 Å². The first-order chi connectivity index (χ1) is 3.97. The van der Waals surface area contributed by atoms with E-state index in [-0.39, 0.29) is 0 Å². The Morgan fingerprint density at radius 1 is 1.50 bits per heavy atom. The van der Waals surface area contributed by atoms with E-state index in [1.807, 2.05) is 6.20 Å². The molecule has 0 atom stereocenters. The summed E-state index contributed by atoms with van der Waals surface area (Å²) < 4.78 is 5.81. The molecule has 1 nitrogen and oxygen atoms in total. The summed E-state index contributed by atoms with van der Waals surface area (Å²) in [7, 11) is 0. The van der Waals surface area contributed by atoms with E-state index < -0.39 is 0 Å². The van der Waals surface area contributed by atoms with Gasteiger partial charge in [-0.3, -0.25) is 0 Å². The molecule has 8 heavy (non-hydrogen) atoms. The van der Waals surface area contributed by atoms with Crippen molar-refractivity contribution in [2.75, 3.05) is 0 Å². The van der Waals surface area contributed by atoms with Crippen LogP contribution in [0.15, 0.2) is 17.2 Å². The van der Waals surface area contributed by atoms with Gasteiger partial charge in [0.15, 0.2) is 0 Å². The first-order valence-electron chi connectivity index (χ1n) is 2.25. The average molecular weight is 235 g/mol. The second kappa shape index (κ2) is 1.85. The van der Waals surface area contributed by atoms with Gasteiger partial charge in [-0.2, -0.15) is 0 Å². The molecule has 0 spiro atoms. The molecule has 0 aliphatic heterocycles. The van der Waals surface area contributed by atoms with Crippen LogP contribution in [0, 0.1) is 0 Å². The van der Waals surface area contributed by atoms with Crippen molar-refractivity contribution in [2.45, 2.75) is 0 Å². The molecule has 2 aromatic heterocycles. The molecule has 0 fully saturated rings. The fraction of sp³-hybridized carbons (Fsp3) is 0. The fourth-order valence-electron chi connectivity index (χ4n) is 0.606. The van der Waals surface area contributed by atoms with Crippen molar-refractivity contribution in [3.63, 3.8) is 0 Å². The number of fused-ring (bicyclic) bond motifs is 1. The van der Waals surface area contributed by atoms with Gasteiger partial charge in [-0.1, -0.05) is 0 Å². The Balaban J connectivity index is 3.06. The molecule has 2 aromatic rings. The van der Waals surface area contributed by atoms with Crippen molar-refractivity contribution in [3.8, 4) is 0 Å². The van der Waals surface area contributed by atoms with Gasteiger partial charge in [-0.15, -0.1) is 0 Å². The zero-order chi connectivity index (χ0) is 5.40. The van der Waals surface area contributed by atoms with Gasteiger partial charge in [-0.25, -0.2) is 0 Å². The molecule has 2 heterocycles. The molecule has 0 amide bonds. The second-order valence-corrected chi connectivity index (χ2v) is 6.40. The third-order valence-electron chi connectivity index (χ3n) is 0.986. The Morgan fingerprint density at radius 2 is 2.50 bits per heavy atom. The number of hydrogen-bond donors (Lipinski definition) is 0. The molecule has 0 saturated heterocycles. The Bertz CT molecular complexity index is 232. The number of hydrogen-bond acceptors (Lipinski definition) is 1. The summed E-state index contributed by atoms with van der Waals surface area (Å²) in [5, 5.41) is 1.41. The van der Waals surface area contributed by atoms with E-state index >= 15 is 0 Å². The van der Waals surface area contributed by atoms with E-state index in [1.54, 1.807) is 3.13 Å². The number of aromatic nitrogens is 1. The summed E-state index contributed by atoms with van der Waals surface area (Å²) in [4.78, 5) is 2.27. The van der Waals surface area contributed by atoms with Crippen LogP contribution in [0.5, 0.6) is 0 Å². The third-order valence-corrected chi connectivity index (χ3v) is 5.65. The van der Waals surface area contributed by atoms with Crippen molar-refractivity contribution >= 4 is 37.8 Å². The summed E-state index contributed by atoms with van der Waals surface area (Å²) in [5.74, 6) is 0. The predicted molar refractivity (Wildman–Crippen MR) is 35.6 cm³/mol. The van der Waals surface area contributed by atoms with Crippen molar-refractivity contribution in [1.29, 1.82) is 0 Å². The summed E-state index contributed by atoms with van der Waals surface area (Å²) in [5.41, 5.74) is 0. The second-order valence-electron chi connectivity index (χ2n) is 1.49. The van der Waals surface area contributed by atoms with Crippen LogP contribution in [0.1, 0.15) is 0 Å². The average Bonchev–Trinajstić information content (AvgIpc) is 2.15. The Labute approximate surface area is 59.1 Å². The van der Waals surface area contributed by atoms with E-state index in [0.717, 1.165) is 0 Å². The molecule has 0 unspecified atom stereocenters. The first kappa shape index (κ1) is 5.01. The Kier molecular flexibility index (Phi) is 1.16. The molecule has 0 radical (unpaired) electrons. The van der Waals surface area contributed by atoms with Crippen LogP contribution in [-0.2, 0) is 0 Å². The molecule has 0 bridgehead atoms. The van der Waals surface area contributed by atoms with Crippen molar-refractivity contribution in [1.82, 2.24) is 3.98 Å². The van der Waals surface area contributed by atoms with Gasteiger partial charge >= 0.3 is 58.9 Å². The standard InChI is InChI=1S/C5H3NSe2/c1-2-7-5-4(1)3-6-8-5/h1-3H. The zero-order valence-electron chi connectivity index (χ0n) is 4.00. The monoisotopic (exact) mass is 237 g/mol. The zero-order valence-corrected chi connectivity index (χ0v) is 7.42. The van der Waals surface area contributed by atoms with Crippen LogP contribution in [0.2, 0.25) is 0 Å². The van der Waals surface area contributed by atoms with Gasteiger partial charge in [-0.05, 0) is 0 Å². The topological polar surface area (TPSA) is 12.9 Å². The number of nitrogens with zero attached hydrogens (tertiary/aromatic N) is 1. The van der Waals surface area contributed by atoms with Gasteiger partial charge in [0.25, 0.3) is 0 Å². The van der Waals surface area contributed by atoms with Gasteiger partial charge in [0.2, 0.25) is 0 Å². The molecule has 2 rings (SSSR count). The summed E-state index contributed by atoms with van der Waals surface area (Å²) in [6, 6.07) is 2.19. The third kappa shape index (κ3) is 0.636. The number of rotatable bonds is 0. The molecule has 3 heteroatoms. The molecule has 40 valence electrons. The van der Waals surface area contributed by atoms with Crippen LogP contribution in [-0.4, -0.2) is 33.2 Å². The van der Waals surface area contributed by atoms with E-state index in [2.05, 4.69) is 15.0 Å². The van der Waals surface area contributed by atoms with Gasteiger partial charge in [0.1, 0.15) is 0 Å². The summed E-state index contributed by atoms with van der Waals surface area (Å²) >= 11 is 1.16. The van der Waals surface area contributed by atoms with Crippen LogP contribution < -0.4 is 0 Å². The molecule has 0 aliphatic rings. The maximum atomic E-state index is 4.20. The van der Waals surface area contributed by atoms with E-state index in [1.165, 1.54) is 5.39 Å². The van der Waals surface area contributed by atoms with E-state index in [0.29, 0.717) is 29.2 Å². The molecular formula is C5H3NSe2. The summed E-state index contributed by atoms with van der Waals surface area (Å²) in [6.45, 7) is 0. The molecule has 0 aliphatic carbocycles. The van der Waals surface area contributed by atoms with Crippen LogP contribution in [0.3, 0.4) is 0 Å². The van der Waals surface area contributed by atoms with Gasteiger partial charge in [0, 0.05) is 0 Å². The molecule has 0 aromatic carbocycles. The SMILES string of the molecule is c1cc2cn[se]c2[se]1.